The summed E-state index contributed by atoms with van der Waals surface area (Å²) >= 11 is 0. The van der Waals surface area contributed by atoms with Crippen LogP contribution >= 0.6 is 0 Å². The molecule has 0 saturated carbocycles. The topological polar surface area (TPSA) is 77.5 Å². The van der Waals surface area contributed by atoms with Crippen molar-refractivity contribution in [1.29, 1.82) is 0 Å². The van der Waals surface area contributed by atoms with Crippen LogP contribution in [-0.2, 0) is 25.6 Å². The quantitative estimate of drug-likeness (QED) is 0.569. The van der Waals surface area contributed by atoms with Gasteiger partial charge in [-0.2, -0.15) is 0 Å². The van der Waals surface area contributed by atoms with Crippen LogP contribution in [0.5, 0.6) is 0 Å². The fourth-order valence-corrected chi connectivity index (χ4v) is 4.34. The molecule has 162 valence electrons. The van der Waals surface area contributed by atoms with Gasteiger partial charge in [-0.15, -0.1) is 0 Å². The molecule has 3 rings (SSSR count). The van der Waals surface area contributed by atoms with Crippen molar-refractivity contribution in [2.24, 2.45) is 0 Å². The van der Waals surface area contributed by atoms with Gasteiger partial charge in [0.15, 0.2) is 0 Å². The fourth-order valence-electron chi connectivity index (χ4n) is 4.34. The standard InChI is InChI=1S/C22H33NO6/c1-26-11-12-28-14-13-27-10-9-22(25)15-19-7-8-20(16-22)23(19)21(24)29-17-18-5-3-2-4-6-18/h2-6,19-20,25H,7-17H2,1H3. The van der Waals surface area contributed by atoms with Gasteiger partial charge in [-0.25, -0.2) is 4.79 Å². The Balaban J connectivity index is 1.39. The zero-order chi connectivity index (χ0) is 20.5. The highest BCUT2D eigenvalue weighted by Crippen LogP contribution is 2.42. The number of nitrogens with zero attached hydrogens (tertiary/aromatic N) is 1. The smallest absolute Gasteiger partial charge is 0.410 e. The molecule has 1 aromatic rings. The van der Waals surface area contributed by atoms with Crippen LogP contribution in [0.3, 0.4) is 0 Å². The van der Waals surface area contributed by atoms with E-state index in [1.54, 1.807) is 7.11 Å². The maximum Gasteiger partial charge on any atom is 0.410 e. The zero-order valence-electron chi connectivity index (χ0n) is 17.3. The molecular weight excluding hydrogens is 374 g/mol. The van der Waals surface area contributed by atoms with Crippen molar-refractivity contribution in [3.63, 3.8) is 0 Å². The highest BCUT2D eigenvalue weighted by molar-refractivity contribution is 5.69. The summed E-state index contributed by atoms with van der Waals surface area (Å²) in [5.74, 6) is 0. The minimum atomic E-state index is -0.779. The summed E-state index contributed by atoms with van der Waals surface area (Å²) in [5, 5.41) is 11.0. The number of methoxy groups -OCH3 is 1. The number of carbonyl (C=O) groups excluding carboxylic acids is 1. The molecule has 1 aromatic carbocycles. The average molecular weight is 408 g/mol. The fraction of sp³-hybridized carbons (Fsp3) is 0.682. The maximum atomic E-state index is 12.6. The van der Waals surface area contributed by atoms with Crippen LogP contribution in [0.1, 0.15) is 37.7 Å². The molecule has 2 atom stereocenters. The Morgan fingerprint density at radius 2 is 1.66 bits per heavy atom. The predicted octanol–water partition coefficient (Wildman–Crippen LogP) is 2.75. The Morgan fingerprint density at radius 1 is 1.03 bits per heavy atom. The molecule has 2 bridgehead atoms. The summed E-state index contributed by atoms with van der Waals surface area (Å²) in [6.45, 7) is 2.93. The van der Waals surface area contributed by atoms with Crippen molar-refractivity contribution in [1.82, 2.24) is 4.90 Å². The molecule has 0 aromatic heterocycles. The highest BCUT2D eigenvalue weighted by atomic mass is 16.6. The zero-order valence-corrected chi connectivity index (χ0v) is 17.3. The molecule has 2 saturated heterocycles. The first-order valence-corrected chi connectivity index (χ1v) is 10.5. The second kappa shape index (κ2) is 10.9. The minimum absolute atomic E-state index is 0.0411. The van der Waals surface area contributed by atoms with Crippen LogP contribution in [0.15, 0.2) is 30.3 Å². The van der Waals surface area contributed by atoms with E-state index in [0.717, 1.165) is 18.4 Å². The van der Waals surface area contributed by atoms with Crippen LogP contribution < -0.4 is 0 Å². The van der Waals surface area contributed by atoms with Crippen LogP contribution in [0.25, 0.3) is 0 Å². The molecule has 0 aliphatic carbocycles. The summed E-state index contributed by atoms with van der Waals surface area (Å²) in [5.41, 5.74) is 0.198. The molecule has 2 aliphatic heterocycles. The number of benzene rings is 1. The van der Waals surface area contributed by atoms with Gasteiger partial charge in [0, 0.05) is 25.8 Å². The van der Waals surface area contributed by atoms with E-state index in [9.17, 15) is 9.90 Å². The van der Waals surface area contributed by atoms with Crippen LogP contribution in [-0.4, -0.2) is 73.9 Å². The van der Waals surface area contributed by atoms with Crippen molar-refractivity contribution >= 4 is 6.09 Å². The summed E-state index contributed by atoms with van der Waals surface area (Å²) < 4.78 is 21.4. The first-order chi connectivity index (χ1) is 14.1. The molecule has 2 aliphatic rings. The second-order valence-electron chi connectivity index (χ2n) is 7.93. The first kappa shape index (κ1) is 22.0. The summed E-state index contributed by atoms with van der Waals surface area (Å²) in [6.07, 6.45) is 3.30. The number of piperidine rings is 1. The van der Waals surface area contributed by atoms with Gasteiger partial charge in [0.25, 0.3) is 0 Å². The number of aliphatic hydroxyl groups is 1. The molecule has 2 heterocycles. The van der Waals surface area contributed by atoms with Crippen molar-refractivity contribution in [2.75, 3.05) is 40.1 Å². The van der Waals surface area contributed by atoms with E-state index in [-0.39, 0.29) is 24.8 Å². The molecule has 1 N–H and O–H groups in total. The second-order valence-corrected chi connectivity index (χ2v) is 7.93. The first-order valence-electron chi connectivity index (χ1n) is 10.5. The van der Waals surface area contributed by atoms with Crippen LogP contribution in [0, 0.1) is 0 Å². The molecule has 1 amide bonds. The third kappa shape index (κ3) is 6.40. The lowest BCUT2D eigenvalue weighted by atomic mass is 9.84. The van der Waals surface area contributed by atoms with Gasteiger partial charge in [0.1, 0.15) is 6.61 Å². The lowest BCUT2D eigenvalue weighted by molar-refractivity contribution is -0.0702. The molecule has 2 unspecified atom stereocenters. The summed E-state index contributed by atoms with van der Waals surface area (Å²) in [6, 6.07) is 9.77. The van der Waals surface area contributed by atoms with Crippen molar-refractivity contribution in [3.8, 4) is 0 Å². The van der Waals surface area contributed by atoms with Gasteiger partial charge in [-0.3, -0.25) is 0 Å². The number of hydrogen-bond donors (Lipinski definition) is 1. The Hall–Kier alpha value is -1.67. The third-order valence-electron chi connectivity index (χ3n) is 5.78. The van der Waals surface area contributed by atoms with Gasteiger partial charge in [-0.1, -0.05) is 30.3 Å². The molecule has 7 nitrogen and oxygen atoms in total. The largest absolute Gasteiger partial charge is 0.445 e. The number of hydrogen-bond acceptors (Lipinski definition) is 6. The Bertz CT molecular complexity index is 611. The van der Waals surface area contributed by atoms with Gasteiger partial charge < -0.3 is 29.0 Å². The maximum absolute atomic E-state index is 12.6. The van der Waals surface area contributed by atoms with Gasteiger partial charge in [0.2, 0.25) is 0 Å². The number of fused-ring (bicyclic) bond motifs is 2. The Morgan fingerprint density at radius 3 is 2.31 bits per heavy atom. The Kier molecular flexibility index (Phi) is 8.29. The van der Waals surface area contributed by atoms with Crippen molar-refractivity contribution in [3.05, 3.63) is 35.9 Å². The highest BCUT2D eigenvalue weighted by Gasteiger charge is 2.49. The summed E-state index contributed by atoms with van der Waals surface area (Å²) in [4.78, 5) is 14.5. The Labute approximate surface area is 172 Å². The van der Waals surface area contributed by atoms with E-state index >= 15 is 0 Å². The molecule has 2 fully saturated rings. The minimum Gasteiger partial charge on any atom is -0.445 e. The van der Waals surface area contributed by atoms with E-state index < -0.39 is 5.60 Å². The van der Waals surface area contributed by atoms with Gasteiger partial charge in [-0.05, 0) is 37.7 Å². The van der Waals surface area contributed by atoms with E-state index in [2.05, 4.69) is 0 Å². The normalized spacial score (nSPS) is 25.9. The van der Waals surface area contributed by atoms with Crippen molar-refractivity contribution in [2.45, 2.75) is 56.4 Å². The molecule has 0 radical (unpaired) electrons. The summed E-state index contributed by atoms with van der Waals surface area (Å²) in [7, 11) is 1.64. The average Bonchev–Trinajstić information content (AvgIpc) is 3.01. The lowest BCUT2D eigenvalue weighted by Crippen LogP contribution is -2.53. The number of amides is 1. The lowest BCUT2D eigenvalue weighted by Gasteiger charge is -2.43. The van der Waals surface area contributed by atoms with Gasteiger partial charge >= 0.3 is 6.09 Å². The van der Waals surface area contributed by atoms with Crippen LogP contribution in [0.4, 0.5) is 4.79 Å². The van der Waals surface area contributed by atoms with Crippen molar-refractivity contribution < 1.29 is 28.8 Å². The van der Waals surface area contributed by atoms with Crippen LogP contribution in [0.2, 0.25) is 0 Å². The number of rotatable bonds is 11. The SMILES string of the molecule is COCCOCCOCCC1(O)CC2CCC(C1)N2C(=O)OCc1ccccc1. The molecular formula is C22H33NO6. The predicted molar refractivity (Wildman–Crippen MR) is 108 cm³/mol. The molecule has 0 spiro atoms. The number of carbonyl (C=O) groups is 1. The third-order valence-corrected chi connectivity index (χ3v) is 5.78. The molecule has 29 heavy (non-hydrogen) atoms. The van der Waals surface area contributed by atoms with E-state index in [1.165, 1.54) is 0 Å². The van der Waals surface area contributed by atoms with E-state index in [4.69, 9.17) is 18.9 Å². The monoisotopic (exact) mass is 407 g/mol. The number of ether oxygens (including phenoxy) is 4. The van der Waals surface area contributed by atoms with E-state index in [1.807, 2.05) is 35.2 Å². The van der Waals surface area contributed by atoms with Gasteiger partial charge in [0.05, 0.1) is 32.0 Å². The van der Waals surface area contributed by atoms with E-state index in [0.29, 0.717) is 52.3 Å². The molecule has 7 heteroatoms.